The van der Waals surface area contributed by atoms with Crippen molar-refractivity contribution in [2.24, 2.45) is 10.2 Å². The van der Waals surface area contributed by atoms with Crippen LogP contribution in [0.15, 0.2) is 76.4 Å². The van der Waals surface area contributed by atoms with Gasteiger partial charge >= 0.3 is 0 Å². The fourth-order valence-corrected chi connectivity index (χ4v) is 6.92. The highest BCUT2D eigenvalue weighted by atomic mass is 32.1. The lowest BCUT2D eigenvalue weighted by Gasteiger charge is -2.29. The van der Waals surface area contributed by atoms with Crippen LogP contribution in [0.25, 0.3) is 0 Å². The normalized spacial score (nSPS) is 17.4. The zero-order valence-corrected chi connectivity index (χ0v) is 34.3. The average molecular weight is 805 g/mol. The summed E-state index contributed by atoms with van der Waals surface area (Å²) in [6.45, 7) is 13.7. The molecule has 0 saturated carbocycles. The summed E-state index contributed by atoms with van der Waals surface area (Å²) in [5.74, 6) is 2.26. The maximum Gasteiger partial charge on any atom is 0.229 e. The van der Waals surface area contributed by atoms with Gasteiger partial charge in [-0.2, -0.15) is 0 Å². The van der Waals surface area contributed by atoms with Crippen molar-refractivity contribution in [2.75, 3.05) is 140 Å². The van der Waals surface area contributed by atoms with Crippen LogP contribution in [0, 0.1) is 13.8 Å². The van der Waals surface area contributed by atoms with E-state index in [2.05, 4.69) is 80.2 Å². The fraction of sp³-hybridized carbons (Fsp3) is 0.500. The van der Waals surface area contributed by atoms with Gasteiger partial charge in [-0.3, -0.25) is 0 Å². The van der Waals surface area contributed by atoms with Crippen LogP contribution in [-0.2, 0) is 23.7 Å². The topological polar surface area (TPSA) is 121 Å². The molecule has 15 heteroatoms. The van der Waals surface area contributed by atoms with E-state index in [4.69, 9.17) is 37.9 Å². The molecule has 308 valence electrons. The highest BCUT2D eigenvalue weighted by molar-refractivity contribution is 7.13. The SMILES string of the molecule is COCCOc1cc(/N=N/c2nccs2)ccc1N1CCOc2cc(C)ccc2N2CCOCCOCCN(CCOCCOCC2)c2ccc(C)cc2OCC1. The minimum Gasteiger partial charge on any atom is -0.490 e. The van der Waals surface area contributed by atoms with Gasteiger partial charge < -0.3 is 52.6 Å². The van der Waals surface area contributed by atoms with E-state index in [0.29, 0.717) is 135 Å². The summed E-state index contributed by atoms with van der Waals surface area (Å²) in [4.78, 5) is 11.0. The van der Waals surface area contributed by atoms with Gasteiger partial charge in [-0.05, 0) is 61.4 Å². The quantitative estimate of drug-likeness (QED) is 0.110. The molecule has 7 rings (SSSR count). The van der Waals surface area contributed by atoms with Gasteiger partial charge in [0, 0.05) is 50.9 Å². The van der Waals surface area contributed by atoms with Crippen LogP contribution in [0.4, 0.5) is 27.9 Å². The molecule has 14 nitrogen and oxygen atoms in total. The summed E-state index contributed by atoms with van der Waals surface area (Å²) in [6, 6.07) is 18.5. The number of aromatic nitrogens is 1. The summed E-state index contributed by atoms with van der Waals surface area (Å²) in [7, 11) is 1.66. The summed E-state index contributed by atoms with van der Waals surface area (Å²) in [5.41, 5.74) is 5.72. The van der Waals surface area contributed by atoms with E-state index in [1.165, 1.54) is 11.3 Å². The van der Waals surface area contributed by atoms with E-state index >= 15 is 0 Å². The van der Waals surface area contributed by atoms with Crippen LogP contribution >= 0.6 is 11.3 Å². The number of azo groups is 1. The van der Waals surface area contributed by atoms with E-state index in [9.17, 15) is 0 Å². The second kappa shape index (κ2) is 23.0. The molecular formula is C42H56N6O8S. The molecule has 0 aliphatic carbocycles. The smallest absolute Gasteiger partial charge is 0.229 e. The molecule has 4 aromatic rings. The van der Waals surface area contributed by atoms with Crippen LogP contribution in [0.2, 0.25) is 0 Å². The number of fused-ring (bicyclic) bond motifs is 20. The number of anilines is 3. The standard InChI is InChI=1S/C42H56N6O8S/c1-33-4-7-36-39(30-33)54-21-15-48(38-9-6-35(32-41(38)56-28-23-49-3)44-45-42-43-10-29-57-42)16-22-55-40-31-34(2)5-8-37(40)47-13-19-52-26-24-50-17-11-46(36)12-18-51-25-27-53-20-14-47/h4-10,29-32H,11-28H2,1-3H3/b45-44+. The highest BCUT2D eigenvalue weighted by Gasteiger charge is 2.19. The molecule has 2 bridgehead atoms. The number of thiazole rings is 1. The predicted molar refractivity (Wildman–Crippen MR) is 223 cm³/mol. The van der Waals surface area contributed by atoms with Gasteiger partial charge in [0.15, 0.2) is 0 Å². The van der Waals surface area contributed by atoms with Crippen molar-refractivity contribution in [3.8, 4) is 17.2 Å². The first-order valence-corrected chi connectivity index (χ1v) is 20.5. The van der Waals surface area contributed by atoms with Gasteiger partial charge in [-0.25, -0.2) is 4.98 Å². The minimum atomic E-state index is 0.364. The third-order valence-electron chi connectivity index (χ3n) is 9.42. The van der Waals surface area contributed by atoms with Crippen molar-refractivity contribution < 1.29 is 37.9 Å². The molecule has 1 saturated heterocycles. The Morgan fingerprint density at radius 3 is 1.61 bits per heavy atom. The molecule has 3 aliphatic rings. The van der Waals surface area contributed by atoms with Crippen molar-refractivity contribution in [1.29, 1.82) is 0 Å². The van der Waals surface area contributed by atoms with E-state index in [0.717, 1.165) is 39.7 Å². The largest absolute Gasteiger partial charge is 0.490 e. The van der Waals surface area contributed by atoms with E-state index < -0.39 is 0 Å². The second-order valence-electron chi connectivity index (χ2n) is 13.6. The Hall–Kier alpha value is -4.51. The molecule has 0 spiro atoms. The average Bonchev–Trinajstić information content (AvgIpc) is 3.74. The molecule has 3 aliphatic heterocycles. The first-order chi connectivity index (χ1) is 28.1. The van der Waals surface area contributed by atoms with Crippen molar-refractivity contribution in [2.45, 2.75) is 13.8 Å². The van der Waals surface area contributed by atoms with Crippen LogP contribution in [0.3, 0.4) is 0 Å². The van der Waals surface area contributed by atoms with Crippen molar-refractivity contribution in [3.05, 3.63) is 77.3 Å². The van der Waals surface area contributed by atoms with Crippen LogP contribution in [0.1, 0.15) is 11.1 Å². The summed E-state index contributed by atoms with van der Waals surface area (Å²) in [6.07, 6.45) is 1.71. The first-order valence-electron chi connectivity index (χ1n) is 19.7. The molecule has 0 unspecified atom stereocenters. The summed E-state index contributed by atoms with van der Waals surface area (Å²) >= 11 is 1.43. The lowest BCUT2D eigenvalue weighted by Crippen LogP contribution is -2.34. The molecule has 0 radical (unpaired) electrons. The van der Waals surface area contributed by atoms with Gasteiger partial charge in [-0.1, -0.05) is 12.1 Å². The number of methoxy groups -OCH3 is 1. The predicted octanol–water partition coefficient (Wildman–Crippen LogP) is 6.87. The second-order valence-corrected chi connectivity index (χ2v) is 14.4. The van der Waals surface area contributed by atoms with Crippen LogP contribution in [0.5, 0.6) is 17.2 Å². The molecule has 1 aromatic heterocycles. The van der Waals surface area contributed by atoms with Crippen molar-refractivity contribution in [3.63, 3.8) is 0 Å². The number of hydrogen-bond donors (Lipinski definition) is 0. The zero-order chi connectivity index (χ0) is 39.5. The van der Waals surface area contributed by atoms with Crippen LogP contribution in [-0.4, -0.2) is 131 Å². The minimum absolute atomic E-state index is 0.364. The highest BCUT2D eigenvalue weighted by Crippen LogP contribution is 2.35. The van der Waals surface area contributed by atoms with Crippen LogP contribution < -0.4 is 28.9 Å². The monoisotopic (exact) mass is 804 g/mol. The van der Waals surface area contributed by atoms with E-state index in [1.807, 2.05) is 23.6 Å². The third kappa shape index (κ3) is 13.3. The van der Waals surface area contributed by atoms with Gasteiger partial charge in [0.1, 0.15) is 37.1 Å². The molecule has 3 aromatic carbocycles. The molecule has 0 amide bonds. The maximum atomic E-state index is 6.68. The first kappa shape index (κ1) is 42.1. The lowest BCUT2D eigenvalue weighted by molar-refractivity contribution is 0.0435. The van der Waals surface area contributed by atoms with Gasteiger partial charge in [-0.15, -0.1) is 21.6 Å². The maximum absolute atomic E-state index is 6.68. The Kier molecular flexibility index (Phi) is 17.0. The number of aryl methyl sites for hydroxylation is 2. The zero-order valence-electron chi connectivity index (χ0n) is 33.4. The third-order valence-corrected chi connectivity index (χ3v) is 10.1. The fourth-order valence-electron chi connectivity index (χ4n) is 6.47. The Balaban J connectivity index is 1.35. The Morgan fingerprint density at radius 2 is 1.11 bits per heavy atom. The molecular weight excluding hydrogens is 749 g/mol. The van der Waals surface area contributed by atoms with Crippen molar-refractivity contribution in [1.82, 2.24) is 4.98 Å². The Labute approximate surface area is 340 Å². The van der Waals surface area contributed by atoms with Gasteiger partial charge in [0.2, 0.25) is 5.13 Å². The Morgan fingerprint density at radius 1 is 0.596 bits per heavy atom. The number of rotatable bonds is 7. The summed E-state index contributed by atoms with van der Waals surface area (Å²) in [5, 5.41) is 11.2. The number of nitrogens with zero attached hydrogens (tertiary/aromatic N) is 6. The molecule has 0 atom stereocenters. The number of benzene rings is 3. The molecule has 57 heavy (non-hydrogen) atoms. The summed E-state index contributed by atoms with van der Waals surface area (Å²) < 4.78 is 49.3. The Bertz CT molecular complexity index is 1720. The van der Waals surface area contributed by atoms with Gasteiger partial charge in [0.25, 0.3) is 0 Å². The number of hydrogen-bond acceptors (Lipinski definition) is 15. The van der Waals surface area contributed by atoms with Gasteiger partial charge in [0.05, 0.1) is 95.3 Å². The number of ether oxygens (including phenoxy) is 8. The van der Waals surface area contributed by atoms with E-state index in [1.54, 1.807) is 13.3 Å². The molecule has 0 N–H and O–H groups in total. The molecule has 4 heterocycles. The lowest BCUT2D eigenvalue weighted by atomic mass is 10.2. The van der Waals surface area contributed by atoms with Crippen molar-refractivity contribution >= 4 is 39.2 Å². The molecule has 1 fully saturated rings. The van der Waals surface area contributed by atoms with E-state index in [-0.39, 0.29) is 0 Å².